The van der Waals surface area contributed by atoms with Crippen LogP contribution in [0.15, 0.2) is 24.4 Å². The number of aromatic nitrogens is 2. The van der Waals surface area contributed by atoms with Gasteiger partial charge in [0.05, 0.1) is 5.69 Å². The summed E-state index contributed by atoms with van der Waals surface area (Å²) >= 11 is 0. The lowest BCUT2D eigenvalue weighted by Gasteiger charge is -2.11. The van der Waals surface area contributed by atoms with Gasteiger partial charge < -0.3 is 0 Å². The summed E-state index contributed by atoms with van der Waals surface area (Å²) in [4.78, 5) is 20.0. The summed E-state index contributed by atoms with van der Waals surface area (Å²) in [6.07, 6.45) is 7.70. The Kier molecular flexibility index (Phi) is 3.18. The van der Waals surface area contributed by atoms with Gasteiger partial charge in [-0.1, -0.05) is 19.9 Å². The Morgan fingerprint density at radius 1 is 1.29 bits per heavy atom. The quantitative estimate of drug-likeness (QED) is 0.781. The highest BCUT2D eigenvalue weighted by atomic mass is 16.1. The van der Waals surface area contributed by atoms with Crippen LogP contribution in [0.4, 0.5) is 0 Å². The first kappa shape index (κ1) is 11.7. The Morgan fingerprint density at radius 2 is 2.06 bits per heavy atom. The molecule has 1 aromatic rings. The maximum atomic E-state index is 11.1. The van der Waals surface area contributed by atoms with E-state index in [-0.39, 0.29) is 5.78 Å². The normalized spacial score (nSPS) is 15.3. The SMILES string of the molecule is Cc1cnc(C(C)C)nc1C1=CCC(=O)C=C1. The maximum absolute atomic E-state index is 11.1. The van der Waals surface area contributed by atoms with Crippen LogP contribution in [-0.2, 0) is 4.79 Å². The molecule has 1 aromatic heterocycles. The summed E-state index contributed by atoms with van der Waals surface area (Å²) in [5, 5.41) is 0. The molecule has 0 atom stereocenters. The number of hydrogen-bond donors (Lipinski definition) is 0. The highest BCUT2D eigenvalue weighted by Gasteiger charge is 2.12. The summed E-state index contributed by atoms with van der Waals surface area (Å²) < 4.78 is 0. The molecule has 0 aliphatic heterocycles. The second kappa shape index (κ2) is 4.62. The van der Waals surface area contributed by atoms with Crippen LogP contribution in [0, 0.1) is 6.92 Å². The third-order valence-electron chi connectivity index (χ3n) is 2.75. The van der Waals surface area contributed by atoms with E-state index in [1.165, 1.54) is 0 Å². The number of hydrogen-bond acceptors (Lipinski definition) is 3. The van der Waals surface area contributed by atoms with E-state index in [9.17, 15) is 4.79 Å². The molecule has 1 heterocycles. The van der Waals surface area contributed by atoms with E-state index in [0.29, 0.717) is 12.3 Å². The van der Waals surface area contributed by atoms with Gasteiger partial charge in [0.25, 0.3) is 0 Å². The Hall–Kier alpha value is -1.77. The van der Waals surface area contributed by atoms with Crippen molar-refractivity contribution in [3.05, 3.63) is 41.5 Å². The van der Waals surface area contributed by atoms with Crippen LogP contribution in [0.2, 0.25) is 0 Å². The molecule has 0 saturated heterocycles. The molecule has 0 amide bonds. The molecule has 0 fully saturated rings. The second-order valence-electron chi connectivity index (χ2n) is 4.58. The van der Waals surface area contributed by atoms with Gasteiger partial charge in [0, 0.05) is 18.5 Å². The third-order valence-corrected chi connectivity index (χ3v) is 2.75. The molecule has 1 aliphatic rings. The number of ketones is 1. The Morgan fingerprint density at radius 3 is 2.65 bits per heavy atom. The van der Waals surface area contributed by atoms with Gasteiger partial charge in [0.15, 0.2) is 5.78 Å². The second-order valence-corrected chi connectivity index (χ2v) is 4.58. The minimum Gasteiger partial charge on any atom is -0.295 e. The Balaban J connectivity index is 2.41. The first-order valence-corrected chi connectivity index (χ1v) is 5.83. The zero-order valence-electron chi connectivity index (χ0n) is 10.4. The molecule has 1 aliphatic carbocycles. The van der Waals surface area contributed by atoms with Gasteiger partial charge >= 0.3 is 0 Å². The molecule has 0 radical (unpaired) electrons. The minimum atomic E-state index is 0.143. The molecule has 3 nitrogen and oxygen atoms in total. The van der Waals surface area contributed by atoms with Crippen molar-refractivity contribution in [3.8, 4) is 0 Å². The van der Waals surface area contributed by atoms with Crippen LogP contribution >= 0.6 is 0 Å². The molecule has 2 rings (SSSR count). The largest absolute Gasteiger partial charge is 0.295 e. The predicted octanol–water partition coefficient (Wildman–Crippen LogP) is 2.82. The molecule has 0 bridgehead atoms. The molecule has 0 aromatic carbocycles. The Bertz CT molecular complexity index is 513. The number of nitrogens with zero attached hydrogens (tertiary/aromatic N) is 2. The van der Waals surface area contributed by atoms with Crippen molar-refractivity contribution in [3.63, 3.8) is 0 Å². The predicted molar refractivity (Wildman–Crippen MR) is 67.6 cm³/mol. The van der Waals surface area contributed by atoms with Gasteiger partial charge in [-0.2, -0.15) is 0 Å². The molecule has 88 valence electrons. The van der Waals surface area contributed by atoms with Crippen molar-refractivity contribution >= 4 is 11.4 Å². The molecule has 0 spiro atoms. The molecular formula is C14H16N2O. The van der Waals surface area contributed by atoms with Gasteiger partial charge in [0.2, 0.25) is 0 Å². The number of allylic oxidation sites excluding steroid dienone is 4. The van der Waals surface area contributed by atoms with Crippen molar-refractivity contribution in [1.29, 1.82) is 0 Å². The van der Waals surface area contributed by atoms with E-state index in [4.69, 9.17) is 0 Å². The monoisotopic (exact) mass is 228 g/mol. The highest BCUT2D eigenvalue weighted by Crippen LogP contribution is 2.22. The smallest absolute Gasteiger partial charge is 0.159 e. The lowest BCUT2D eigenvalue weighted by Crippen LogP contribution is -2.04. The number of carbonyl (C=O) groups excluding carboxylic acids is 1. The number of aryl methyl sites for hydroxylation is 1. The Labute approximate surface area is 101 Å². The standard InChI is InChI=1S/C14H16N2O/c1-9(2)14-15-8-10(3)13(16-14)11-4-6-12(17)7-5-11/h4-6,8-9H,7H2,1-3H3. The molecule has 0 saturated carbocycles. The minimum absolute atomic E-state index is 0.143. The first-order chi connectivity index (χ1) is 8.08. The zero-order chi connectivity index (χ0) is 12.4. The van der Waals surface area contributed by atoms with Gasteiger partial charge in [-0.15, -0.1) is 0 Å². The van der Waals surface area contributed by atoms with E-state index in [0.717, 1.165) is 22.7 Å². The van der Waals surface area contributed by atoms with Crippen molar-refractivity contribution in [1.82, 2.24) is 9.97 Å². The third kappa shape index (κ3) is 2.49. The molecule has 3 heteroatoms. The molecular weight excluding hydrogens is 212 g/mol. The van der Waals surface area contributed by atoms with Gasteiger partial charge in [-0.25, -0.2) is 9.97 Å². The van der Waals surface area contributed by atoms with Crippen LogP contribution < -0.4 is 0 Å². The van der Waals surface area contributed by atoms with E-state index in [1.54, 1.807) is 6.08 Å². The summed E-state index contributed by atoms with van der Waals surface area (Å²) in [6.45, 7) is 6.14. The average Bonchev–Trinajstić information content (AvgIpc) is 2.31. The van der Waals surface area contributed by atoms with Gasteiger partial charge in [0.1, 0.15) is 5.82 Å². The summed E-state index contributed by atoms with van der Waals surface area (Å²) in [5.74, 6) is 1.30. The van der Waals surface area contributed by atoms with E-state index < -0.39 is 0 Å². The molecule has 0 N–H and O–H groups in total. The van der Waals surface area contributed by atoms with Crippen molar-refractivity contribution in [2.75, 3.05) is 0 Å². The van der Waals surface area contributed by atoms with E-state index in [2.05, 4.69) is 23.8 Å². The fourth-order valence-electron chi connectivity index (χ4n) is 1.73. The lowest BCUT2D eigenvalue weighted by molar-refractivity contribution is -0.113. The topological polar surface area (TPSA) is 42.9 Å². The fraction of sp³-hybridized carbons (Fsp3) is 0.357. The number of rotatable bonds is 2. The summed E-state index contributed by atoms with van der Waals surface area (Å²) in [7, 11) is 0. The van der Waals surface area contributed by atoms with Crippen LogP contribution in [0.5, 0.6) is 0 Å². The van der Waals surface area contributed by atoms with Gasteiger partial charge in [-0.05, 0) is 30.2 Å². The lowest BCUT2D eigenvalue weighted by atomic mass is 10.0. The first-order valence-electron chi connectivity index (χ1n) is 5.83. The van der Waals surface area contributed by atoms with Crippen LogP contribution in [0.3, 0.4) is 0 Å². The zero-order valence-corrected chi connectivity index (χ0v) is 10.4. The van der Waals surface area contributed by atoms with Gasteiger partial charge in [-0.3, -0.25) is 4.79 Å². The van der Waals surface area contributed by atoms with E-state index in [1.807, 2.05) is 25.3 Å². The highest BCUT2D eigenvalue weighted by molar-refractivity contribution is 5.97. The molecule has 0 unspecified atom stereocenters. The summed E-state index contributed by atoms with van der Waals surface area (Å²) in [5.41, 5.74) is 3.00. The van der Waals surface area contributed by atoms with Crippen molar-refractivity contribution in [2.24, 2.45) is 0 Å². The number of carbonyl (C=O) groups is 1. The average molecular weight is 228 g/mol. The van der Waals surface area contributed by atoms with Crippen LogP contribution in [0.25, 0.3) is 5.57 Å². The van der Waals surface area contributed by atoms with E-state index >= 15 is 0 Å². The summed E-state index contributed by atoms with van der Waals surface area (Å²) in [6, 6.07) is 0. The van der Waals surface area contributed by atoms with Crippen molar-refractivity contribution in [2.45, 2.75) is 33.1 Å². The van der Waals surface area contributed by atoms with Crippen molar-refractivity contribution < 1.29 is 4.79 Å². The fourth-order valence-corrected chi connectivity index (χ4v) is 1.73. The maximum Gasteiger partial charge on any atom is 0.159 e. The van der Waals surface area contributed by atoms with Crippen LogP contribution in [0.1, 0.15) is 43.3 Å². The molecule has 17 heavy (non-hydrogen) atoms. The van der Waals surface area contributed by atoms with Crippen LogP contribution in [-0.4, -0.2) is 15.8 Å².